The van der Waals surface area contributed by atoms with Crippen molar-refractivity contribution in [2.75, 3.05) is 51.8 Å². The molecule has 2 aromatic carbocycles. The van der Waals surface area contributed by atoms with Crippen molar-refractivity contribution in [2.45, 2.75) is 18.8 Å². The lowest BCUT2D eigenvalue weighted by atomic mass is 10.1. The van der Waals surface area contributed by atoms with Crippen molar-refractivity contribution >= 4 is 11.7 Å². The number of halogens is 1. The molecule has 7 nitrogen and oxygen atoms in total. The van der Waals surface area contributed by atoms with Gasteiger partial charge in [-0.25, -0.2) is 9.18 Å². The summed E-state index contributed by atoms with van der Waals surface area (Å²) in [5.74, 6) is -0.469. The lowest BCUT2D eigenvalue weighted by Crippen LogP contribution is -2.59. The smallest absolute Gasteiger partial charge is 0.322 e. The monoisotopic (exact) mass is 429 g/mol. The number of ether oxygens (including phenoxy) is 3. The summed E-state index contributed by atoms with van der Waals surface area (Å²) in [7, 11) is 1.59. The Bertz CT molecular complexity index is 912. The van der Waals surface area contributed by atoms with Gasteiger partial charge in [-0.3, -0.25) is 4.90 Å². The summed E-state index contributed by atoms with van der Waals surface area (Å²) >= 11 is 0. The molecule has 8 heteroatoms. The van der Waals surface area contributed by atoms with E-state index in [1.165, 1.54) is 6.07 Å². The van der Waals surface area contributed by atoms with Crippen LogP contribution in [-0.4, -0.2) is 68.1 Å². The number of methoxy groups -OCH3 is 1. The maximum atomic E-state index is 14.1. The van der Waals surface area contributed by atoms with Gasteiger partial charge in [0.15, 0.2) is 5.79 Å². The van der Waals surface area contributed by atoms with Crippen LogP contribution in [0.4, 0.5) is 14.9 Å². The number of anilines is 1. The van der Waals surface area contributed by atoms with Crippen molar-refractivity contribution in [3.63, 3.8) is 0 Å². The molecule has 0 radical (unpaired) electrons. The third-order valence-electron chi connectivity index (χ3n) is 5.57. The predicted molar refractivity (Wildman–Crippen MR) is 115 cm³/mol. The molecule has 2 aliphatic heterocycles. The third kappa shape index (κ3) is 5.33. The maximum Gasteiger partial charge on any atom is 0.322 e. The molecular weight excluding hydrogens is 401 g/mol. The molecule has 2 saturated heterocycles. The van der Waals surface area contributed by atoms with Crippen LogP contribution in [0.2, 0.25) is 0 Å². The second kappa shape index (κ2) is 9.64. The molecule has 2 fully saturated rings. The number of nitrogens with zero attached hydrogens (tertiary/aromatic N) is 2. The molecule has 31 heavy (non-hydrogen) atoms. The zero-order chi connectivity index (χ0) is 21.7. The molecule has 166 valence electrons. The molecule has 2 amide bonds. The van der Waals surface area contributed by atoms with Gasteiger partial charge in [0, 0.05) is 37.0 Å². The van der Waals surface area contributed by atoms with Crippen molar-refractivity contribution in [1.82, 2.24) is 9.80 Å². The fourth-order valence-corrected chi connectivity index (χ4v) is 4.03. The minimum atomic E-state index is -0.925. The SMILES string of the molecule is COc1cccc(NC(=O)N2CCOC3(CN(Cc4ccccc4F)CCCO3)C2)c1. The van der Waals surface area contributed by atoms with E-state index < -0.39 is 5.79 Å². The van der Waals surface area contributed by atoms with Crippen molar-refractivity contribution in [3.05, 3.63) is 59.9 Å². The molecule has 0 saturated carbocycles. The Morgan fingerprint density at radius 3 is 2.81 bits per heavy atom. The number of hydrogen-bond acceptors (Lipinski definition) is 5. The third-order valence-corrected chi connectivity index (χ3v) is 5.57. The van der Waals surface area contributed by atoms with Crippen LogP contribution in [0.25, 0.3) is 0 Å². The van der Waals surface area contributed by atoms with Crippen molar-refractivity contribution in [2.24, 2.45) is 0 Å². The molecule has 1 N–H and O–H groups in total. The normalized spacial score (nSPS) is 22.2. The summed E-state index contributed by atoms with van der Waals surface area (Å²) in [5.41, 5.74) is 1.30. The van der Waals surface area contributed by atoms with E-state index in [1.807, 2.05) is 24.3 Å². The molecule has 4 rings (SSSR count). The standard InChI is InChI=1S/C23H28FN3O4/c1-29-20-8-4-7-19(14-20)25-22(28)27-11-13-31-23(17-27)16-26(10-5-12-30-23)15-18-6-2-3-9-21(18)24/h2-4,6-9,14H,5,10-13,15-17H2,1H3,(H,25,28). The topological polar surface area (TPSA) is 63.3 Å². The molecule has 0 bridgehead atoms. The number of nitrogens with one attached hydrogen (secondary N) is 1. The highest BCUT2D eigenvalue weighted by Crippen LogP contribution is 2.26. The Morgan fingerprint density at radius 2 is 1.97 bits per heavy atom. The lowest BCUT2D eigenvalue weighted by Gasteiger charge is -2.43. The summed E-state index contributed by atoms with van der Waals surface area (Å²) in [5, 5.41) is 2.92. The fraction of sp³-hybridized carbons (Fsp3) is 0.435. The first kappa shape index (κ1) is 21.5. The zero-order valence-corrected chi connectivity index (χ0v) is 17.7. The van der Waals surface area contributed by atoms with Gasteiger partial charge in [-0.2, -0.15) is 0 Å². The van der Waals surface area contributed by atoms with Crippen LogP contribution in [0.3, 0.4) is 0 Å². The molecule has 2 aromatic rings. The number of morpholine rings is 1. The quantitative estimate of drug-likeness (QED) is 0.808. The summed E-state index contributed by atoms with van der Waals surface area (Å²) in [6, 6.07) is 13.8. The van der Waals surface area contributed by atoms with Gasteiger partial charge < -0.3 is 24.4 Å². The first-order valence-electron chi connectivity index (χ1n) is 10.5. The van der Waals surface area contributed by atoms with Gasteiger partial charge in [0.2, 0.25) is 0 Å². The maximum absolute atomic E-state index is 14.1. The molecular formula is C23H28FN3O4. The Kier molecular flexibility index (Phi) is 6.70. The van der Waals surface area contributed by atoms with Gasteiger partial charge in [0.25, 0.3) is 0 Å². The molecule has 1 spiro atoms. The van der Waals surface area contributed by atoms with Crippen LogP contribution in [0.15, 0.2) is 48.5 Å². The lowest BCUT2D eigenvalue weighted by molar-refractivity contribution is -0.260. The summed E-state index contributed by atoms with van der Waals surface area (Å²) in [6.45, 7) is 3.37. The molecule has 1 atom stereocenters. The van der Waals surface area contributed by atoms with E-state index in [9.17, 15) is 9.18 Å². The highest BCUT2D eigenvalue weighted by atomic mass is 19.1. The average molecular weight is 429 g/mol. The second-order valence-corrected chi connectivity index (χ2v) is 7.85. The average Bonchev–Trinajstić information content (AvgIpc) is 2.97. The highest BCUT2D eigenvalue weighted by molar-refractivity contribution is 5.89. The number of amides is 2. The second-order valence-electron chi connectivity index (χ2n) is 7.85. The van der Waals surface area contributed by atoms with Crippen LogP contribution in [0.1, 0.15) is 12.0 Å². The number of rotatable bonds is 4. The van der Waals surface area contributed by atoms with Crippen LogP contribution >= 0.6 is 0 Å². The minimum Gasteiger partial charge on any atom is -0.497 e. The largest absolute Gasteiger partial charge is 0.497 e. The van der Waals surface area contributed by atoms with Gasteiger partial charge in [-0.05, 0) is 24.6 Å². The molecule has 2 aliphatic rings. The van der Waals surface area contributed by atoms with Crippen LogP contribution in [0.5, 0.6) is 5.75 Å². The Balaban J connectivity index is 1.43. The van der Waals surface area contributed by atoms with Crippen LogP contribution in [0, 0.1) is 5.82 Å². The number of carbonyl (C=O) groups is 1. The van der Waals surface area contributed by atoms with E-state index in [1.54, 1.807) is 30.2 Å². The van der Waals surface area contributed by atoms with Crippen molar-refractivity contribution in [3.8, 4) is 5.75 Å². The number of carbonyl (C=O) groups excluding carboxylic acids is 1. The molecule has 1 unspecified atom stereocenters. The van der Waals surface area contributed by atoms with E-state index in [2.05, 4.69) is 10.2 Å². The van der Waals surface area contributed by atoms with Crippen molar-refractivity contribution < 1.29 is 23.4 Å². The van der Waals surface area contributed by atoms with E-state index in [0.717, 1.165) is 13.0 Å². The van der Waals surface area contributed by atoms with Gasteiger partial charge >= 0.3 is 6.03 Å². The minimum absolute atomic E-state index is 0.217. The summed E-state index contributed by atoms with van der Waals surface area (Å²) in [4.78, 5) is 16.7. The van der Waals surface area contributed by atoms with Gasteiger partial charge in [-0.15, -0.1) is 0 Å². The predicted octanol–water partition coefficient (Wildman–Crippen LogP) is 3.32. The highest BCUT2D eigenvalue weighted by Gasteiger charge is 2.42. The first-order valence-corrected chi connectivity index (χ1v) is 10.5. The Morgan fingerprint density at radius 1 is 1.13 bits per heavy atom. The van der Waals surface area contributed by atoms with Gasteiger partial charge in [-0.1, -0.05) is 24.3 Å². The molecule has 2 heterocycles. The number of urea groups is 1. The number of benzene rings is 2. The van der Waals surface area contributed by atoms with Gasteiger partial charge in [0.1, 0.15) is 11.6 Å². The molecule has 0 aliphatic carbocycles. The van der Waals surface area contributed by atoms with Crippen molar-refractivity contribution in [1.29, 1.82) is 0 Å². The van der Waals surface area contributed by atoms with E-state index >= 15 is 0 Å². The first-order chi connectivity index (χ1) is 15.1. The Hall–Kier alpha value is -2.68. The van der Waals surface area contributed by atoms with E-state index in [-0.39, 0.29) is 11.8 Å². The number of hydrogen-bond donors (Lipinski definition) is 1. The van der Waals surface area contributed by atoms with E-state index in [0.29, 0.717) is 56.4 Å². The summed E-state index contributed by atoms with van der Waals surface area (Å²) in [6.07, 6.45) is 0.815. The van der Waals surface area contributed by atoms with Gasteiger partial charge in [0.05, 0.1) is 33.4 Å². The Labute approximate surface area is 181 Å². The van der Waals surface area contributed by atoms with E-state index in [4.69, 9.17) is 14.2 Å². The summed E-state index contributed by atoms with van der Waals surface area (Å²) < 4.78 is 31.5. The van der Waals surface area contributed by atoms with Crippen LogP contribution < -0.4 is 10.1 Å². The fourth-order valence-electron chi connectivity index (χ4n) is 4.03. The molecule has 0 aromatic heterocycles. The van der Waals surface area contributed by atoms with Crippen LogP contribution in [-0.2, 0) is 16.0 Å². The zero-order valence-electron chi connectivity index (χ0n) is 17.7.